The molecule has 0 bridgehead atoms. The lowest BCUT2D eigenvalue weighted by Gasteiger charge is -2.34. The van der Waals surface area contributed by atoms with Crippen LogP contribution in [0.2, 0.25) is 0 Å². The van der Waals surface area contributed by atoms with E-state index in [1.807, 2.05) is 13.8 Å². The molecule has 0 aromatic rings. The molecule has 0 unspecified atom stereocenters. The second-order valence-corrected chi connectivity index (χ2v) is 3.40. The van der Waals surface area contributed by atoms with E-state index in [0.717, 1.165) is 0 Å². The first kappa shape index (κ1) is 15.2. The topological polar surface area (TPSA) is 23.6 Å². The van der Waals surface area contributed by atoms with Crippen molar-refractivity contribution in [2.75, 3.05) is 32.7 Å². The molecular formula is C10H19F3N2O. The summed E-state index contributed by atoms with van der Waals surface area (Å²) in [5, 5.41) is 0. The Bertz CT molecular complexity index is 211. The Morgan fingerprint density at radius 3 is 1.88 bits per heavy atom. The predicted octanol–water partition coefficient (Wildman–Crippen LogP) is 1.74. The zero-order valence-corrected chi connectivity index (χ0v) is 9.97. The standard InChI is InChI=1S/C8H13F3N2O.C2H6/c1-7(14)13-4-2-12(3-5-13)6-8(9,10)11;1-2/h2-6H2,1H3;1-2H3. The van der Waals surface area contributed by atoms with Crippen LogP contribution >= 0.6 is 0 Å². The number of piperazine rings is 1. The molecule has 96 valence electrons. The van der Waals surface area contributed by atoms with Crippen molar-refractivity contribution >= 4 is 5.91 Å². The number of nitrogens with zero attached hydrogens (tertiary/aromatic N) is 2. The summed E-state index contributed by atoms with van der Waals surface area (Å²) >= 11 is 0. The van der Waals surface area contributed by atoms with E-state index < -0.39 is 12.7 Å². The lowest BCUT2D eigenvalue weighted by molar-refractivity contribution is -0.151. The molecule has 3 nitrogen and oxygen atoms in total. The highest BCUT2D eigenvalue weighted by molar-refractivity contribution is 5.73. The van der Waals surface area contributed by atoms with Crippen molar-refractivity contribution in [1.29, 1.82) is 0 Å². The van der Waals surface area contributed by atoms with Crippen LogP contribution in [0.25, 0.3) is 0 Å². The van der Waals surface area contributed by atoms with Gasteiger partial charge in [0.15, 0.2) is 0 Å². The molecule has 1 fully saturated rings. The van der Waals surface area contributed by atoms with Gasteiger partial charge in [-0.3, -0.25) is 9.69 Å². The molecule has 0 aromatic carbocycles. The summed E-state index contributed by atoms with van der Waals surface area (Å²) < 4.78 is 35.9. The molecule has 0 spiro atoms. The molecule has 0 saturated carbocycles. The lowest BCUT2D eigenvalue weighted by Crippen LogP contribution is -2.50. The number of carbonyl (C=O) groups is 1. The summed E-state index contributed by atoms with van der Waals surface area (Å²) in [6.07, 6.45) is -4.14. The van der Waals surface area contributed by atoms with Crippen molar-refractivity contribution < 1.29 is 18.0 Å². The number of amides is 1. The molecule has 0 aromatic heterocycles. The molecule has 1 aliphatic rings. The van der Waals surface area contributed by atoms with Crippen LogP contribution in [0.1, 0.15) is 20.8 Å². The van der Waals surface area contributed by atoms with Gasteiger partial charge >= 0.3 is 6.18 Å². The van der Waals surface area contributed by atoms with Crippen LogP contribution in [-0.2, 0) is 4.79 Å². The van der Waals surface area contributed by atoms with Gasteiger partial charge in [0.1, 0.15) is 0 Å². The second-order valence-electron chi connectivity index (χ2n) is 3.40. The summed E-state index contributed by atoms with van der Waals surface area (Å²) in [7, 11) is 0. The molecule has 0 radical (unpaired) electrons. The monoisotopic (exact) mass is 240 g/mol. The number of hydrogen-bond donors (Lipinski definition) is 0. The molecule has 1 heterocycles. The summed E-state index contributed by atoms with van der Waals surface area (Å²) in [5.41, 5.74) is 0. The zero-order chi connectivity index (χ0) is 12.8. The van der Waals surface area contributed by atoms with Crippen molar-refractivity contribution in [3.8, 4) is 0 Å². The van der Waals surface area contributed by atoms with Gasteiger partial charge in [-0.05, 0) is 0 Å². The van der Waals surface area contributed by atoms with Crippen LogP contribution in [-0.4, -0.2) is 54.6 Å². The highest BCUT2D eigenvalue weighted by atomic mass is 19.4. The number of hydrogen-bond acceptors (Lipinski definition) is 2. The Balaban J connectivity index is 0.00000106. The molecular weight excluding hydrogens is 221 g/mol. The predicted molar refractivity (Wildman–Crippen MR) is 56.1 cm³/mol. The van der Waals surface area contributed by atoms with Crippen LogP contribution in [0.15, 0.2) is 0 Å². The van der Waals surface area contributed by atoms with Crippen molar-refractivity contribution in [1.82, 2.24) is 9.80 Å². The molecule has 16 heavy (non-hydrogen) atoms. The minimum atomic E-state index is -4.14. The van der Waals surface area contributed by atoms with Gasteiger partial charge in [0, 0.05) is 33.1 Å². The lowest BCUT2D eigenvalue weighted by atomic mass is 10.3. The Morgan fingerprint density at radius 2 is 1.56 bits per heavy atom. The normalized spacial score (nSPS) is 17.8. The van der Waals surface area contributed by atoms with Gasteiger partial charge < -0.3 is 4.90 Å². The van der Waals surface area contributed by atoms with Crippen LogP contribution in [0, 0.1) is 0 Å². The first-order chi connectivity index (χ1) is 7.38. The first-order valence-electron chi connectivity index (χ1n) is 5.43. The fraction of sp³-hybridized carbons (Fsp3) is 0.900. The largest absolute Gasteiger partial charge is 0.401 e. The third-order valence-corrected chi connectivity index (χ3v) is 2.22. The van der Waals surface area contributed by atoms with E-state index in [0.29, 0.717) is 26.2 Å². The molecule has 1 saturated heterocycles. The average molecular weight is 240 g/mol. The van der Waals surface area contributed by atoms with Crippen LogP contribution in [0.5, 0.6) is 0 Å². The average Bonchev–Trinajstić information content (AvgIpc) is 2.19. The third kappa shape index (κ3) is 5.95. The van der Waals surface area contributed by atoms with E-state index in [-0.39, 0.29) is 5.91 Å². The van der Waals surface area contributed by atoms with E-state index in [1.165, 1.54) is 11.8 Å². The van der Waals surface area contributed by atoms with Gasteiger partial charge in [0.05, 0.1) is 6.54 Å². The van der Waals surface area contributed by atoms with E-state index in [1.54, 1.807) is 4.90 Å². The molecule has 0 aliphatic carbocycles. The van der Waals surface area contributed by atoms with Crippen molar-refractivity contribution in [3.63, 3.8) is 0 Å². The number of rotatable bonds is 1. The van der Waals surface area contributed by atoms with Crippen molar-refractivity contribution in [2.45, 2.75) is 26.9 Å². The van der Waals surface area contributed by atoms with Gasteiger partial charge in [0.25, 0.3) is 0 Å². The molecule has 1 amide bonds. The van der Waals surface area contributed by atoms with Gasteiger partial charge in [-0.1, -0.05) is 13.8 Å². The smallest absolute Gasteiger partial charge is 0.340 e. The van der Waals surface area contributed by atoms with E-state index in [4.69, 9.17) is 0 Å². The van der Waals surface area contributed by atoms with Crippen LogP contribution in [0.3, 0.4) is 0 Å². The van der Waals surface area contributed by atoms with E-state index >= 15 is 0 Å². The maximum absolute atomic E-state index is 12.0. The minimum Gasteiger partial charge on any atom is -0.340 e. The second kappa shape index (κ2) is 6.73. The Hall–Kier alpha value is -0.780. The van der Waals surface area contributed by atoms with E-state index in [9.17, 15) is 18.0 Å². The first-order valence-corrected chi connectivity index (χ1v) is 5.43. The Morgan fingerprint density at radius 1 is 1.12 bits per heavy atom. The highest BCUT2D eigenvalue weighted by Gasteiger charge is 2.32. The van der Waals surface area contributed by atoms with Gasteiger partial charge in [-0.15, -0.1) is 0 Å². The zero-order valence-electron chi connectivity index (χ0n) is 9.97. The van der Waals surface area contributed by atoms with E-state index in [2.05, 4.69) is 0 Å². The summed E-state index contributed by atoms with van der Waals surface area (Å²) in [6, 6.07) is 0. The summed E-state index contributed by atoms with van der Waals surface area (Å²) in [6.45, 7) is 5.95. The quantitative estimate of drug-likeness (QED) is 0.697. The van der Waals surface area contributed by atoms with Crippen LogP contribution in [0.4, 0.5) is 13.2 Å². The summed E-state index contributed by atoms with van der Waals surface area (Å²) in [4.78, 5) is 13.8. The van der Waals surface area contributed by atoms with Gasteiger partial charge in [-0.2, -0.15) is 13.2 Å². The van der Waals surface area contributed by atoms with Gasteiger partial charge in [0.2, 0.25) is 5.91 Å². The molecule has 0 atom stereocenters. The highest BCUT2D eigenvalue weighted by Crippen LogP contribution is 2.17. The summed E-state index contributed by atoms with van der Waals surface area (Å²) in [5.74, 6) is -0.0725. The number of carbonyl (C=O) groups excluding carboxylic acids is 1. The molecule has 1 aliphatic heterocycles. The molecule has 6 heteroatoms. The molecule has 1 rings (SSSR count). The van der Waals surface area contributed by atoms with Crippen molar-refractivity contribution in [2.24, 2.45) is 0 Å². The fourth-order valence-corrected chi connectivity index (χ4v) is 1.47. The van der Waals surface area contributed by atoms with Crippen LogP contribution < -0.4 is 0 Å². The van der Waals surface area contributed by atoms with Gasteiger partial charge in [-0.25, -0.2) is 0 Å². The maximum Gasteiger partial charge on any atom is 0.401 e. The third-order valence-electron chi connectivity index (χ3n) is 2.22. The Labute approximate surface area is 94.2 Å². The number of alkyl halides is 3. The molecule has 0 N–H and O–H groups in total. The SMILES string of the molecule is CC.CC(=O)N1CCN(CC(F)(F)F)CC1. The minimum absolute atomic E-state index is 0.0725. The van der Waals surface area contributed by atoms with Crippen molar-refractivity contribution in [3.05, 3.63) is 0 Å². The maximum atomic E-state index is 12.0. The number of halogens is 3. The Kier molecular flexibility index (Phi) is 6.40. The fourth-order valence-electron chi connectivity index (χ4n) is 1.47.